The highest BCUT2D eigenvalue weighted by molar-refractivity contribution is 7.09. The minimum atomic E-state index is -0.166. The lowest BCUT2D eigenvalue weighted by Gasteiger charge is -2.19. The SMILES string of the molecule is Cc1nc(CNC(=O)c2cc(N)nc(C(C)(C)C)c2)cs1. The van der Waals surface area contributed by atoms with E-state index in [0.717, 1.165) is 16.4 Å². The topological polar surface area (TPSA) is 80.9 Å². The fourth-order valence-corrected chi connectivity index (χ4v) is 2.44. The normalized spacial score (nSPS) is 11.4. The average molecular weight is 304 g/mol. The van der Waals surface area contributed by atoms with E-state index in [1.807, 2.05) is 33.1 Å². The fraction of sp³-hybridized carbons (Fsp3) is 0.400. The molecule has 0 saturated carbocycles. The van der Waals surface area contributed by atoms with Crippen LogP contribution in [0.5, 0.6) is 0 Å². The number of carbonyl (C=O) groups is 1. The number of carbonyl (C=O) groups excluding carboxylic acids is 1. The van der Waals surface area contributed by atoms with Crippen molar-refractivity contribution in [3.05, 3.63) is 39.5 Å². The zero-order valence-corrected chi connectivity index (χ0v) is 13.5. The van der Waals surface area contributed by atoms with E-state index in [2.05, 4.69) is 15.3 Å². The molecule has 3 N–H and O–H groups in total. The van der Waals surface area contributed by atoms with Crippen molar-refractivity contribution in [3.63, 3.8) is 0 Å². The number of pyridine rings is 1. The van der Waals surface area contributed by atoms with Crippen LogP contribution < -0.4 is 11.1 Å². The molecule has 0 saturated heterocycles. The largest absolute Gasteiger partial charge is 0.384 e. The molecule has 2 aromatic rings. The van der Waals surface area contributed by atoms with Crippen LogP contribution in [0.25, 0.3) is 0 Å². The molecule has 2 aromatic heterocycles. The summed E-state index contributed by atoms with van der Waals surface area (Å²) in [6, 6.07) is 3.38. The second-order valence-electron chi connectivity index (χ2n) is 5.96. The van der Waals surface area contributed by atoms with Gasteiger partial charge in [-0.25, -0.2) is 9.97 Å². The first-order chi connectivity index (χ1) is 9.75. The molecule has 1 amide bonds. The van der Waals surface area contributed by atoms with Crippen molar-refractivity contribution in [1.82, 2.24) is 15.3 Å². The van der Waals surface area contributed by atoms with Gasteiger partial charge < -0.3 is 11.1 Å². The third kappa shape index (κ3) is 4.01. The lowest BCUT2D eigenvalue weighted by Crippen LogP contribution is -2.24. The fourth-order valence-electron chi connectivity index (χ4n) is 1.83. The molecule has 2 rings (SSSR count). The minimum absolute atomic E-state index is 0.156. The highest BCUT2D eigenvalue weighted by Crippen LogP contribution is 2.22. The van der Waals surface area contributed by atoms with E-state index >= 15 is 0 Å². The third-order valence-corrected chi connectivity index (χ3v) is 3.79. The Bertz CT molecular complexity index is 658. The van der Waals surface area contributed by atoms with E-state index in [-0.39, 0.29) is 11.3 Å². The van der Waals surface area contributed by atoms with Gasteiger partial charge >= 0.3 is 0 Å². The van der Waals surface area contributed by atoms with Crippen molar-refractivity contribution in [2.75, 3.05) is 5.73 Å². The van der Waals surface area contributed by atoms with E-state index in [1.54, 1.807) is 23.5 Å². The Labute approximate surface area is 128 Å². The number of hydrogen-bond acceptors (Lipinski definition) is 5. The van der Waals surface area contributed by atoms with Crippen molar-refractivity contribution in [2.24, 2.45) is 0 Å². The number of anilines is 1. The summed E-state index contributed by atoms with van der Waals surface area (Å²) >= 11 is 1.57. The summed E-state index contributed by atoms with van der Waals surface area (Å²) in [5.41, 5.74) is 7.84. The van der Waals surface area contributed by atoms with Crippen LogP contribution in [0.1, 0.15) is 47.5 Å². The molecule has 112 valence electrons. The maximum Gasteiger partial charge on any atom is 0.251 e. The zero-order valence-electron chi connectivity index (χ0n) is 12.7. The van der Waals surface area contributed by atoms with Gasteiger partial charge in [-0.2, -0.15) is 0 Å². The van der Waals surface area contributed by atoms with Gasteiger partial charge in [0.15, 0.2) is 0 Å². The van der Waals surface area contributed by atoms with Crippen molar-refractivity contribution in [1.29, 1.82) is 0 Å². The minimum Gasteiger partial charge on any atom is -0.384 e. The molecule has 0 aliphatic heterocycles. The lowest BCUT2D eigenvalue weighted by atomic mass is 9.90. The number of nitrogens with one attached hydrogen (secondary N) is 1. The Hall–Kier alpha value is -1.95. The van der Waals surface area contributed by atoms with Gasteiger partial charge in [0.2, 0.25) is 0 Å². The Balaban J connectivity index is 2.13. The molecular formula is C15H20N4OS. The number of hydrogen-bond donors (Lipinski definition) is 2. The van der Waals surface area contributed by atoms with Crippen LogP contribution in [0.4, 0.5) is 5.82 Å². The van der Waals surface area contributed by atoms with Gasteiger partial charge in [-0.05, 0) is 19.1 Å². The van der Waals surface area contributed by atoms with Crippen molar-refractivity contribution in [2.45, 2.75) is 39.7 Å². The summed E-state index contributed by atoms with van der Waals surface area (Å²) in [6.07, 6.45) is 0. The first-order valence-electron chi connectivity index (χ1n) is 6.73. The Morgan fingerprint density at radius 2 is 2.05 bits per heavy atom. The molecule has 0 unspecified atom stereocenters. The molecule has 5 nitrogen and oxygen atoms in total. The summed E-state index contributed by atoms with van der Waals surface area (Å²) in [7, 11) is 0. The van der Waals surface area contributed by atoms with Gasteiger partial charge in [0.05, 0.1) is 17.2 Å². The number of rotatable bonds is 3. The molecule has 21 heavy (non-hydrogen) atoms. The number of thiazole rings is 1. The lowest BCUT2D eigenvalue weighted by molar-refractivity contribution is 0.0950. The highest BCUT2D eigenvalue weighted by Gasteiger charge is 2.18. The van der Waals surface area contributed by atoms with Gasteiger partial charge in [-0.3, -0.25) is 4.79 Å². The van der Waals surface area contributed by atoms with Crippen molar-refractivity contribution in [3.8, 4) is 0 Å². The molecule has 0 spiro atoms. The summed E-state index contributed by atoms with van der Waals surface area (Å²) in [4.78, 5) is 20.9. The Morgan fingerprint density at radius 3 is 2.62 bits per heavy atom. The van der Waals surface area contributed by atoms with Crippen LogP contribution in [0.15, 0.2) is 17.5 Å². The van der Waals surface area contributed by atoms with Gasteiger partial charge in [0.25, 0.3) is 5.91 Å². The van der Waals surface area contributed by atoms with Gasteiger partial charge in [0, 0.05) is 22.1 Å². The van der Waals surface area contributed by atoms with Crippen molar-refractivity contribution >= 4 is 23.1 Å². The first-order valence-corrected chi connectivity index (χ1v) is 7.61. The van der Waals surface area contributed by atoms with Gasteiger partial charge in [-0.15, -0.1) is 11.3 Å². The molecule has 0 bridgehead atoms. The Morgan fingerprint density at radius 1 is 1.33 bits per heavy atom. The number of nitrogen functional groups attached to an aromatic ring is 1. The maximum atomic E-state index is 12.2. The molecule has 0 aromatic carbocycles. The smallest absolute Gasteiger partial charge is 0.251 e. The van der Waals surface area contributed by atoms with Crippen LogP contribution in [-0.2, 0) is 12.0 Å². The van der Waals surface area contributed by atoms with Gasteiger partial charge in [-0.1, -0.05) is 20.8 Å². The van der Waals surface area contributed by atoms with Crippen LogP contribution in [0, 0.1) is 6.92 Å². The summed E-state index contributed by atoms with van der Waals surface area (Å²) in [6.45, 7) is 8.46. The quantitative estimate of drug-likeness (QED) is 0.913. The first kappa shape index (κ1) is 15.4. The number of amides is 1. The van der Waals surface area contributed by atoms with E-state index in [4.69, 9.17) is 5.73 Å². The summed E-state index contributed by atoms with van der Waals surface area (Å²) in [5, 5.41) is 5.79. The zero-order chi connectivity index (χ0) is 15.6. The number of nitrogens with zero attached hydrogens (tertiary/aromatic N) is 2. The van der Waals surface area contributed by atoms with E-state index < -0.39 is 0 Å². The van der Waals surface area contributed by atoms with Crippen molar-refractivity contribution < 1.29 is 4.79 Å². The van der Waals surface area contributed by atoms with Crippen LogP contribution in [0.3, 0.4) is 0 Å². The number of nitrogens with two attached hydrogens (primary N) is 1. The molecule has 0 fully saturated rings. The second-order valence-corrected chi connectivity index (χ2v) is 7.02. The predicted molar refractivity (Wildman–Crippen MR) is 85.4 cm³/mol. The standard InChI is InChI=1S/C15H20N4OS/c1-9-18-11(8-21-9)7-17-14(20)10-5-12(15(2,3)4)19-13(16)6-10/h5-6,8H,7H2,1-4H3,(H2,16,19)(H,17,20). The van der Waals surface area contributed by atoms with Crippen LogP contribution in [0.2, 0.25) is 0 Å². The van der Waals surface area contributed by atoms with E-state index in [0.29, 0.717) is 17.9 Å². The molecule has 2 heterocycles. The average Bonchev–Trinajstić information content (AvgIpc) is 2.80. The third-order valence-electron chi connectivity index (χ3n) is 2.97. The van der Waals surface area contributed by atoms with E-state index in [9.17, 15) is 4.79 Å². The maximum absolute atomic E-state index is 12.2. The van der Waals surface area contributed by atoms with Crippen LogP contribution >= 0.6 is 11.3 Å². The summed E-state index contributed by atoms with van der Waals surface area (Å²) in [5.74, 6) is 0.192. The summed E-state index contributed by atoms with van der Waals surface area (Å²) < 4.78 is 0. The molecule has 0 atom stereocenters. The predicted octanol–water partition coefficient (Wildman–Crippen LogP) is 2.66. The molecule has 0 radical (unpaired) electrons. The second kappa shape index (κ2) is 5.81. The molecule has 0 aliphatic rings. The molecule has 0 aliphatic carbocycles. The van der Waals surface area contributed by atoms with E-state index in [1.165, 1.54) is 0 Å². The Kier molecular flexibility index (Phi) is 4.27. The molecular weight excluding hydrogens is 284 g/mol. The van der Waals surface area contributed by atoms with Gasteiger partial charge in [0.1, 0.15) is 5.82 Å². The highest BCUT2D eigenvalue weighted by atomic mass is 32.1. The monoisotopic (exact) mass is 304 g/mol. The van der Waals surface area contributed by atoms with Crippen LogP contribution in [-0.4, -0.2) is 15.9 Å². The molecule has 6 heteroatoms. The number of aryl methyl sites for hydroxylation is 1. The number of aromatic nitrogens is 2.